The molecular formula is C14H22N2. The molecule has 2 heteroatoms. The first-order chi connectivity index (χ1) is 7.26. The van der Waals surface area contributed by atoms with Crippen molar-refractivity contribution in [3.8, 4) is 0 Å². The topological polar surface area (TPSA) is 38.0 Å². The van der Waals surface area contributed by atoms with Crippen molar-refractivity contribution in [1.82, 2.24) is 0 Å². The highest BCUT2D eigenvalue weighted by Gasteiger charge is 2.64. The van der Waals surface area contributed by atoms with E-state index in [0.29, 0.717) is 16.9 Å². The maximum atomic E-state index is 5.75. The molecule has 3 N–H and O–H groups in total. The number of aryl methyl sites for hydroxylation is 1. The number of nitrogens with two attached hydrogens (primary N) is 1. The van der Waals surface area contributed by atoms with E-state index in [4.69, 9.17) is 5.73 Å². The second-order valence-electron chi connectivity index (χ2n) is 6.10. The van der Waals surface area contributed by atoms with Crippen molar-refractivity contribution in [2.75, 3.05) is 11.1 Å². The molecule has 2 rings (SSSR count). The summed E-state index contributed by atoms with van der Waals surface area (Å²) in [7, 11) is 0. The molecule has 1 aliphatic rings. The van der Waals surface area contributed by atoms with Gasteiger partial charge < -0.3 is 11.1 Å². The molecule has 0 atom stereocenters. The minimum Gasteiger partial charge on any atom is -0.399 e. The van der Waals surface area contributed by atoms with E-state index >= 15 is 0 Å². The lowest BCUT2D eigenvalue weighted by atomic mass is 10.0. The first-order valence-electron chi connectivity index (χ1n) is 5.89. The first-order valence-corrected chi connectivity index (χ1v) is 5.89. The Morgan fingerprint density at radius 1 is 1.12 bits per heavy atom. The van der Waals surface area contributed by atoms with Crippen LogP contribution in [-0.2, 0) is 0 Å². The lowest BCUT2D eigenvalue weighted by molar-refractivity contribution is 0.457. The molecule has 0 amide bonds. The number of hydrogen-bond donors (Lipinski definition) is 2. The van der Waals surface area contributed by atoms with E-state index in [9.17, 15) is 0 Å². The van der Waals surface area contributed by atoms with Crippen LogP contribution in [0.1, 0.15) is 33.3 Å². The lowest BCUT2D eigenvalue weighted by Gasteiger charge is -2.11. The van der Waals surface area contributed by atoms with Crippen LogP contribution in [0, 0.1) is 17.8 Å². The van der Waals surface area contributed by atoms with Gasteiger partial charge in [0.15, 0.2) is 0 Å². The molecule has 0 spiro atoms. The van der Waals surface area contributed by atoms with E-state index in [-0.39, 0.29) is 0 Å². The zero-order valence-electron chi connectivity index (χ0n) is 10.9. The summed E-state index contributed by atoms with van der Waals surface area (Å²) in [5, 5.41) is 3.64. The van der Waals surface area contributed by atoms with E-state index < -0.39 is 0 Å². The second kappa shape index (κ2) is 3.16. The number of nitrogen functional groups attached to an aromatic ring is 1. The second-order valence-corrected chi connectivity index (χ2v) is 6.10. The summed E-state index contributed by atoms with van der Waals surface area (Å²) < 4.78 is 0. The van der Waals surface area contributed by atoms with Crippen molar-refractivity contribution in [2.45, 2.75) is 40.7 Å². The number of benzene rings is 1. The summed E-state index contributed by atoms with van der Waals surface area (Å²) in [5.74, 6) is 0. The Morgan fingerprint density at radius 2 is 1.69 bits per heavy atom. The van der Waals surface area contributed by atoms with Gasteiger partial charge >= 0.3 is 0 Å². The van der Waals surface area contributed by atoms with E-state index in [0.717, 1.165) is 5.69 Å². The third-order valence-electron chi connectivity index (χ3n) is 4.57. The molecule has 1 aromatic carbocycles. The summed E-state index contributed by atoms with van der Waals surface area (Å²) in [6, 6.07) is 6.60. The molecule has 2 nitrogen and oxygen atoms in total. The highest BCUT2D eigenvalue weighted by atomic mass is 15.0. The third kappa shape index (κ3) is 1.48. The molecule has 1 fully saturated rings. The minimum absolute atomic E-state index is 0.362. The maximum Gasteiger partial charge on any atom is 0.0375 e. The van der Waals surface area contributed by atoms with Crippen LogP contribution in [0.5, 0.6) is 0 Å². The number of nitrogens with one attached hydrogen (secondary N) is 1. The van der Waals surface area contributed by atoms with E-state index in [1.54, 1.807) is 0 Å². The van der Waals surface area contributed by atoms with Crippen LogP contribution in [0.4, 0.5) is 11.4 Å². The predicted octanol–water partition coefficient (Wildman–Crippen LogP) is 3.42. The van der Waals surface area contributed by atoms with Crippen molar-refractivity contribution in [3.63, 3.8) is 0 Å². The summed E-state index contributed by atoms with van der Waals surface area (Å²) >= 11 is 0. The summed E-state index contributed by atoms with van der Waals surface area (Å²) in [6.45, 7) is 11.4. The molecule has 88 valence electrons. The Bertz CT molecular complexity index is 405. The molecule has 1 saturated carbocycles. The molecule has 1 aliphatic carbocycles. The van der Waals surface area contributed by atoms with Crippen LogP contribution >= 0.6 is 0 Å². The molecule has 0 saturated heterocycles. The fourth-order valence-electron chi connectivity index (χ4n) is 2.56. The maximum absolute atomic E-state index is 5.75. The third-order valence-corrected chi connectivity index (χ3v) is 4.57. The molecule has 16 heavy (non-hydrogen) atoms. The average molecular weight is 218 g/mol. The highest BCUT2D eigenvalue weighted by molar-refractivity contribution is 5.59. The summed E-state index contributed by atoms with van der Waals surface area (Å²) in [6.07, 6.45) is 0. The zero-order chi connectivity index (χ0) is 12.1. The van der Waals surface area contributed by atoms with Gasteiger partial charge in [-0.1, -0.05) is 27.7 Å². The average Bonchev–Trinajstić information content (AvgIpc) is 2.52. The van der Waals surface area contributed by atoms with Gasteiger partial charge in [-0.05, 0) is 41.5 Å². The van der Waals surface area contributed by atoms with Crippen molar-refractivity contribution in [1.29, 1.82) is 0 Å². The Morgan fingerprint density at radius 3 is 2.12 bits per heavy atom. The Balaban J connectivity index is 2.18. The molecule has 0 unspecified atom stereocenters. The number of hydrogen-bond acceptors (Lipinski definition) is 2. The highest BCUT2D eigenvalue weighted by Crippen LogP contribution is 2.63. The molecule has 1 aromatic rings. The van der Waals surface area contributed by atoms with Gasteiger partial charge in [0.05, 0.1) is 0 Å². The quantitative estimate of drug-likeness (QED) is 0.746. The normalized spacial score (nSPS) is 21.8. The van der Waals surface area contributed by atoms with E-state index in [2.05, 4.69) is 46.0 Å². The van der Waals surface area contributed by atoms with E-state index in [1.807, 2.05) is 12.1 Å². The summed E-state index contributed by atoms with van der Waals surface area (Å²) in [4.78, 5) is 0. The van der Waals surface area contributed by atoms with Crippen LogP contribution in [0.15, 0.2) is 18.2 Å². The molecular weight excluding hydrogens is 196 g/mol. The standard InChI is InChI=1S/C14H22N2/c1-9-8-10(15)6-7-11(9)16-12-13(2,3)14(12,4)5/h6-8,12,16H,15H2,1-5H3. The molecule has 0 aliphatic heterocycles. The largest absolute Gasteiger partial charge is 0.399 e. The van der Waals surface area contributed by atoms with Crippen molar-refractivity contribution in [3.05, 3.63) is 23.8 Å². The number of anilines is 2. The fraction of sp³-hybridized carbons (Fsp3) is 0.571. The Hall–Kier alpha value is -1.18. The van der Waals surface area contributed by atoms with Crippen LogP contribution in [-0.4, -0.2) is 6.04 Å². The van der Waals surface area contributed by atoms with Gasteiger partial charge in [0.25, 0.3) is 0 Å². The first kappa shape index (κ1) is 11.3. The monoisotopic (exact) mass is 218 g/mol. The Kier molecular flexibility index (Phi) is 2.23. The van der Waals surface area contributed by atoms with Crippen molar-refractivity contribution in [2.24, 2.45) is 10.8 Å². The lowest BCUT2D eigenvalue weighted by Crippen LogP contribution is -2.11. The SMILES string of the molecule is Cc1cc(N)ccc1NC1C(C)(C)C1(C)C. The van der Waals surface area contributed by atoms with E-state index in [1.165, 1.54) is 11.3 Å². The van der Waals surface area contributed by atoms with Gasteiger partial charge in [-0.3, -0.25) is 0 Å². The van der Waals surface area contributed by atoms with Crippen molar-refractivity contribution < 1.29 is 0 Å². The molecule has 0 aromatic heterocycles. The van der Waals surface area contributed by atoms with Crippen LogP contribution in [0.25, 0.3) is 0 Å². The number of rotatable bonds is 2. The van der Waals surface area contributed by atoms with Gasteiger partial charge in [0.2, 0.25) is 0 Å². The van der Waals surface area contributed by atoms with Gasteiger partial charge in [-0.15, -0.1) is 0 Å². The molecule has 0 heterocycles. The van der Waals surface area contributed by atoms with Gasteiger partial charge in [-0.2, -0.15) is 0 Å². The predicted molar refractivity (Wildman–Crippen MR) is 70.6 cm³/mol. The summed E-state index contributed by atoms with van der Waals surface area (Å²) in [5.41, 5.74) is 9.73. The minimum atomic E-state index is 0.362. The van der Waals surface area contributed by atoms with Crippen LogP contribution in [0.3, 0.4) is 0 Å². The Labute approximate surface area is 98.2 Å². The van der Waals surface area contributed by atoms with Gasteiger partial charge in [-0.25, -0.2) is 0 Å². The zero-order valence-corrected chi connectivity index (χ0v) is 10.9. The molecule has 0 bridgehead atoms. The van der Waals surface area contributed by atoms with Gasteiger partial charge in [0, 0.05) is 17.4 Å². The van der Waals surface area contributed by atoms with Crippen LogP contribution < -0.4 is 11.1 Å². The van der Waals surface area contributed by atoms with Gasteiger partial charge in [0.1, 0.15) is 0 Å². The fourth-order valence-corrected chi connectivity index (χ4v) is 2.56. The molecule has 0 radical (unpaired) electrons. The van der Waals surface area contributed by atoms with Crippen molar-refractivity contribution >= 4 is 11.4 Å². The smallest absolute Gasteiger partial charge is 0.0375 e. The van der Waals surface area contributed by atoms with Crippen LogP contribution in [0.2, 0.25) is 0 Å².